The smallest absolute Gasteiger partial charge is 0.123 e. The van der Waals surface area contributed by atoms with Crippen molar-refractivity contribution in [2.45, 2.75) is 19.5 Å². The minimum absolute atomic E-state index is 0.298. The van der Waals surface area contributed by atoms with Crippen molar-refractivity contribution in [2.75, 3.05) is 26.8 Å². The van der Waals surface area contributed by atoms with Crippen molar-refractivity contribution < 1.29 is 9.84 Å². The predicted molar refractivity (Wildman–Crippen MR) is 71.4 cm³/mol. The second-order valence-electron chi connectivity index (χ2n) is 4.92. The van der Waals surface area contributed by atoms with E-state index in [0.717, 1.165) is 37.4 Å². The quantitative estimate of drug-likeness (QED) is 0.817. The van der Waals surface area contributed by atoms with Crippen molar-refractivity contribution in [3.8, 4) is 5.75 Å². The van der Waals surface area contributed by atoms with Crippen LogP contribution in [0, 0.1) is 5.92 Å². The molecule has 1 aromatic rings. The van der Waals surface area contributed by atoms with E-state index in [-0.39, 0.29) is 0 Å². The lowest BCUT2D eigenvalue weighted by Gasteiger charge is -2.17. The summed E-state index contributed by atoms with van der Waals surface area (Å²) in [6, 6.07) is 6.21. The first kappa shape index (κ1) is 13.3. The maximum Gasteiger partial charge on any atom is 0.123 e. The molecule has 1 saturated heterocycles. The Morgan fingerprint density at radius 2 is 2.33 bits per heavy atom. The average molecular weight is 250 g/mol. The Morgan fingerprint density at radius 3 is 2.94 bits per heavy atom. The molecule has 0 saturated carbocycles. The van der Waals surface area contributed by atoms with Crippen molar-refractivity contribution in [3.63, 3.8) is 0 Å². The number of aliphatic hydroxyl groups is 1. The van der Waals surface area contributed by atoms with Crippen LogP contribution in [-0.4, -0.2) is 36.8 Å². The molecule has 3 N–H and O–H groups in total. The number of rotatable bonds is 5. The minimum atomic E-state index is 0.298. The Kier molecular flexibility index (Phi) is 4.58. The fraction of sp³-hybridized carbons (Fsp3) is 0.571. The van der Waals surface area contributed by atoms with Crippen molar-refractivity contribution in [1.82, 2.24) is 4.90 Å². The average Bonchev–Trinajstić information content (AvgIpc) is 2.86. The lowest BCUT2D eigenvalue weighted by Crippen LogP contribution is -2.21. The van der Waals surface area contributed by atoms with Gasteiger partial charge in [0.1, 0.15) is 5.75 Å². The van der Waals surface area contributed by atoms with Crippen LogP contribution < -0.4 is 10.5 Å². The Hall–Kier alpha value is -1.10. The Labute approximate surface area is 108 Å². The number of hydrogen-bond donors (Lipinski definition) is 2. The summed E-state index contributed by atoms with van der Waals surface area (Å²) >= 11 is 0. The lowest BCUT2D eigenvalue weighted by atomic mass is 10.1. The molecule has 18 heavy (non-hydrogen) atoms. The van der Waals surface area contributed by atoms with E-state index < -0.39 is 0 Å². The Balaban J connectivity index is 2.01. The number of nitrogens with two attached hydrogens (primary N) is 1. The number of nitrogens with zero attached hydrogens (tertiary/aromatic N) is 1. The van der Waals surface area contributed by atoms with Crippen molar-refractivity contribution >= 4 is 0 Å². The monoisotopic (exact) mass is 250 g/mol. The van der Waals surface area contributed by atoms with Crippen LogP contribution >= 0.6 is 0 Å². The third-order valence-electron chi connectivity index (χ3n) is 3.61. The topological polar surface area (TPSA) is 58.7 Å². The van der Waals surface area contributed by atoms with Crippen LogP contribution in [0.25, 0.3) is 0 Å². The number of hydrogen-bond acceptors (Lipinski definition) is 4. The van der Waals surface area contributed by atoms with Gasteiger partial charge in [0.15, 0.2) is 0 Å². The summed E-state index contributed by atoms with van der Waals surface area (Å²) in [4.78, 5) is 2.37. The highest BCUT2D eigenvalue weighted by Crippen LogP contribution is 2.23. The van der Waals surface area contributed by atoms with E-state index >= 15 is 0 Å². The van der Waals surface area contributed by atoms with Gasteiger partial charge in [-0.2, -0.15) is 0 Å². The van der Waals surface area contributed by atoms with E-state index in [0.29, 0.717) is 19.1 Å². The maximum absolute atomic E-state index is 9.14. The summed E-state index contributed by atoms with van der Waals surface area (Å²) in [5.41, 5.74) is 7.93. The van der Waals surface area contributed by atoms with E-state index in [2.05, 4.69) is 17.0 Å². The van der Waals surface area contributed by atoms with Crippen LogP contribution in [0.4, 0.5) is 0 Å². The van der Waals surface area contributed by atoms with E-state index in [1.807, 2.05) is 6.07 Å². The van der Waals surface area contributed by atoms with Gasteiger partial charge in [-0.25, -0.2) is 0 Å². The molecule has 2 rings (SSSR count). The second-order valence-corrected chi connectivity index (χ2v) is 4.92. The second kappa shape index (κ2) is 6.18. The first-order valence-electron chi connectivity index (χ1n) is 6.46. The fourth-order valence-corrected chi connectivity index (χ4v) is 2.52. The van der Waals surface area contributed by atoms with E-state index in [1.165, 1.54) is 5.56 Å². The minimum Gasteiger partial charge on any atom is -0.496 e. The van der Waals surface area contributed by atoms with Gasteiger partial charge in [0, 0.05) is 31.8 Å². The number of benzene rings is 1. The summed E-state index contributed by atoms with van der Waals surface area (Å²) in [6.45, 7) is 3.76. The summed E-state index contributed by atoms with van der Waals surface area (Å²) in [5, 5.41) is 9.14. The van der Waals surface area contributed by atoms with Crippen LogP contribution in [0.3, 0.4) is 0 Å². The molecule has 1 aromatic carbocycles. The standard InChI is InChI=1S/C14H22N2O2/c1-18-14-6-11(2-3-13(14)7-15)8-16-5-4-12(9-16)10-17/h2-3,6,12,17H,4-5,7-10,15H2,1H3. The van der Waals surface area contributed by atoms with Gasteiger partial charge < -0.3 is 15.6 Å². The van der Waals surface area contributed by atoms with Crippen LogP contribution in [-0.2, 0) is 13.1 Å². The molecule has 0 bridgehead atoms. The highest BCUT2D eigenvalue weighted by Gasteiger charge is 2.21. The lowest BCUT2D eigenvalue weighted by molar-refractivity contribution is 0.220. The van der Waals surface area contributed by atoms with Gasteiger partial charge in [-0.15, -0.1) is 0 Å². The highest BCUT2D eigenvalue weighted by molar-refractivity contribution is 5.37. The zero-order valence-corrected chi connectivity index (χ0v) is 10.9. The van der Waals surface area contributed by atoms with Crippen molar-refractivity contribution in [2.24, 2.45) is 11.7 Å². The van der Waals surface area contributed by atoms with Crippen LogP contribution in [0.15, 0.2) is 18.2 Å². The molecule has 4 nitrogen and oxygen atoms in total. The van der Waals surface area contributed by atoms with Crippen LogP contribution in [0.1, 0.15) is 17.5 Å². The molecule has 1 unspecified atom stereocenters. The van der Waals surface area contributed by atoms with Gasteiger partial charge >= 0.3 is 0 Å². The molecule has 1 aliphatic heterocycles. The van der Waals surface area contributed by atoms with Crippen molar-refractivity contribution in [3.05, 3.63) is 29.3 Å². The maximum atomic E-state index is 9.14. The molecule has 0 aromatic heterocycles. The SMILES string of the molecule is COc1cc(CN2CCC(CO)C2)ccc1CN. The van der Waals surface area contributed by atoms with E-state index in [4.69, 9.17) is 15.6 Å². The Morgan fingerprint density at radius 1 is 1.50 bits per heavy atom. The fourth-order valence-electron chi connectivity index (χ4n) is 2.52. The zero-order chi connectivity index (χ0) is 13.0. The van der Waals surface area contributed by atoms with Gasteiger partial charge in [-0.1, -0.05) is 12.1 Å². The molecule has 0 amide bonds. The highest BCUT2D eigenvalue weighted by atomic mass is 16.5. The first-order chi connectivity index (χ1) is 8.76. The number of likely N-dealkylation sites (tertiary alicyclic amines) is 1. The van der Waals surface area contributed by atoms with E-state index in [9.17, 15) is 0 Å². The van der Waals surface area contributed by atoms with Gasteiger partial charge in [0.2, 0.25) is 0 Å². The summed E-state index contributed by atoms with van der Waals surface area (Å²) in [7, 11) is 1.68. The molecule has 0 radical (unpaired) electrons. The van der Waals surface area contributed by atoms with Crippen LogP contribution in [0.2, 0.25) is 0 Å². The molecular weight excluding hydrogens is 228 g/mol. The molecule has 0 aliphatic carbocycles. The summed E-state index contributed by atoms with van der Waals surface area (Å²) in [6.07, 6.45) is 1.09. The Bertz CT molecular complexity index is 395. The van der Waals surface area contributed by atoms with E-state index in [1.54, 1.807) is 7.11 Å². The predicted octanol–water partition coefficient (Wildman–Crippen LogP) is 0.968. The number of aliphatic hydroxyl groups excluding tert-OH is 1. The third-order valence-corrected chi connectivity index (χ3v) is 3.61. The number of ether oxygens (including phenoxy) is 1. The van der Waals surface area contributed by atoms with Gasteiger partial charge in [-0.05, 0) is 30.5 Å². The molecule has 4 heteroatoms. The summed E-state index contributed by atoms with van der Waals surface area (Å²) < 4.78 is 5.35. The molecule has 1 fully saturated rings. The molecule has 0 spiro atoms. The van der Waals surface area contributed by atoms with Crippen molar-refractivity contribution in [1.29, 1.82) is 0 Å². The van der Waals surface area contributed by atoms with Crippen LogP contribution in [0.5, 0.6) is 5.75 Å². The molecule has 1 heterocycles. The molecule has 1 atom stereocenters. The number of methoxy groups -OCH3 is 1. The zero-order valence-electron chi connectivity index (χ0n) is 10.9. The van der Waals surface area contributed by atoms with Gasteiger partial charge in [0.05, 0.1) is 7.11 Å². The normalized spacial score (nSPS) is 20.3. The largest absolute Gasteiger partial charge is 0.496 e. The molecule has 100 valence electrons. The molecular formula is C14H22N2O2. The summed E-state index contributed by atoms with van der Waals surface area (Å²) in [5.74, 6) is 1.31. The van der Waals surface area contributed by atoms with Gasteiger partial charge in [-0.3, -0.25) is 4.90 Å². The third kappa shape index (κ3) is 3.02. The first-order valence-corrected chi connectivity index (χ1v) is 6.46. The van der Waals surface area contributed by atoms with Gasteiger partial charge in [0.25, 0.3) is 0 Å². The molecule has 1 aliphatic rings.